The molecule has 124 valence electrons. The molecule has 2 aromatic heterocycles. The first-order valence-corrected chi connectivity index (χ1v) is 8.21. The molecule has 0 radical (unpaired) electrons. The van der Waals surface area contributed by atoms with Crippen LogP contribution in [0.25, 0.3) is 0 Å². The molecule has 3 aromatic rings. The van der Waals surface area contributed by atoms with Crippen molar-refractivity contribution in [2.24, 2.45) is 0 Å². The predicted octanol–water partition coefficient (Wildman–Crippen LogP) is 2.74. The zero-order valence-corrected chi connectivity index (χ0v) is 13.5. The minimum atomic E-state index is -0.215. The molecule has 1 aromatic carbocycles. The molecular weight excluding hydrogens is 314 g/mol. The number of nitrogens with zero attached hydrogens (tertiary/aromatic N) is 3. The summed E-state index contributed by atoms with van der Waals surface area (Å²) >= 11 is 0. The van der Waals surface area contributed by atoms with E-state index in [-0.39, 0.29) is 18.0 Å². The second-order valence-electron chi connectivity index (χ2n) is 6.18. The average Bonchev–Trinajstić information content (AvgIpc) is 3.33. The van der Waals surface area contributed by atoms with Gasteiger partial charge in [0.15, 0.2) is 0 Å². The Hall–Kier alpha value is -3.33. The van der Waals surface area contributed by atoms with E-state index in [0.29, 0.717) is 11.3 Å². The van der Waals surface area contributed by atoms with Gasteiger partial charge in [0, 0.05) is 18.6 Å². The first-order chi connectivity index (χ1) is 12.3. The summed E-state index contributed by atoms with van der Waals surface area (Å²) in [6.45, 7) is 0. The SMILES string of the molecule is N#Cc1c[nH]c(C(=O)NC2c3ccccc3CCC2n2ccnc2)c1. The largest absolute Gasteiger partial charge is 0.356 e. The molecule has 25 heavy (non-hydrogen) atoms. The van der Waals surface area contributed by atoms with Crippen molar-refractivity contribution in [2.45, 2.75) is 24.9 Å². The first-order valence-electron chi connectivity index (χ1n) is 8.21. The third kappa shape index (κ3) is 2.81. The number of hydrogen-bond donors (Lipinski definition) is 2. The van der Waals surface area contributed by atoms with Gasteiger partial charge in [-0.2, -0.15) is 5.26 Å². The fraction of sp³-hybridized carbons (Fsp3) is 0.211. The second kappa shape index (κ2) is 6.29. The maximum Gasteiger partial charge on any atom is 0.268 e. The van der Waals surface area contributed by atoms with Crippen molar-refractivity contribution >= 4 is 5.91 Å². The van der Waals surface area contributed by atoms with Gasteiger partial charge in [-0.25, -0.2) is 4.98 Å². The normalized spacial score (nSPS) is 19.0. The van der Waals surface area contributed by atoms with Crippen molar-refractivity contribution < 1.29 is 4.79 Å². The molecule has 0 fully saturated rings. The quantitative estimate of drug-likeness (QED) is 0.773. The van der Waals surface area contributed by atoms with Gasteiger partial charge in [-0.05, 0) is 30.0 Å². The van der Waals surface area contributed by atoms with Gasteiger partial charge < -0.3 is 14.9 Å². The number of carbonyl (C=O) groups is 1. The standard InChI is InChI=1S/C19H17N5O/c20-10-13-9-16(22-11-13)19(25)23-18-15-4-2-1-3-14(15)5-6-17(18)24-8-7-21-12-24/h1-4,7-9,11-12,17-18,22H,5-6H2,(H,23,25). The van der Waals surface area contributed by atoms with Crippen molar-refractivity contribution in [3.63, 3.8) is 0 Å². The highest BCUT2D eigenvalue weighted by atomic mass is 16.2. The van der Waals surface area contributed by atoms with Crippen LogP contribution in [0.5, 0.6) is 0 Å². The summed E-state index contributed by atoms with van der Waals surface area (Å²) in [6, 6.07) is 11.8. The highest BCUT2D eigenvalue weighted by Gasteiger charge is 2.32. The van der Waals surface area contributed by atoms with E-state index in [9.17, 15) is 4.79 Å². The molecular formula is C19H17N5O. The van der Waals surface area contributed by atoms with Crippen LogP contribution in [-0.2, 0) is 6.42 Å². The Balaban J connectivity index is 1.67. The fourth-order valence-corrected chi connectivity index (χ4v) is 3.51. The molecule has 1 amide bonds. The number of fused-ring (bicyclic) bond motifs is 1. The summed E-state index contributed by atoms with van der Waals surface area (Å²) in [5.41, 5.74) is 3.23. The summed E-state index contributed by atoms with van der Waals surface area (Å²) < 4.78 is 2.05. The van der Waals surface area contributed by atoms with E-state index >= 15 is 0 Å². The van der Waals surface area contributed by atoms with E-state index in [2.05, 4.69) is 32.0 Å². The van der Waals surface area contributed by atoms with Crippen LogP contribution in [0.4, 0.5) is 0 Å². The van der Waals surface area contributed by atoms with Crippen molar-refractivity contribution in [2.75, 3.05) is 0 Å². The molecule has 0 spiro atoms. The van der Waals surface area contributed by atoms with Crippen LogP contribution in [0.1, 0.15) is 45.7 Å². The summed E-state index contributed by atoms with van der Waals surface area (Å²) in [4.78, 5) is 19.7. The number of carbonyl (C=O) groups excluding carboxylic acids is 1. The van der Waals surface area contributed by atoms with E-state index in [4.69, 9.17) is 5.26 Å². The third-order valence-corrected chi connectivity index (χ3v) is 4.74. The van der Waals surface area contributed by atoms with Crippen LogP contribution in [0.3, 0.4) is 0 Å². The number of aromatic amines is 1. The lowest BCUT2D eigenvalue weighted by Gasteiger charge is -2.34. The molecule has 2 heterocycles. The molecule has 6 nitrogen and oxygen atoms in total. The Morgan fingerprint density at radius 1 is 1.40 bits per heavy atom. The molecule has 6 heteroatoms. The number of aryl methyl sites for hydroxylation is 1. The van der Waals surface area contributed by atoms with Crippen molar-refractivity contribution in [1.82, 2.24) is 19.9 Å². The van der Waals surface area contributed by atoms with Crippen molar-refractivity contribution in [1.29, 1.82) is 5.26 Å². The highest BCUT2D eigenvalue weighted by molar-refractivity contribution is 5.93. The van der Waals surface area contributed by atoms with E-state index in [1.165, 1.54) is 11.8 Å². The number of amides is 1. The Morgan fingerprint density at radius 2 is 2.28 bits per heavy atom. The smallest absolute Gasteiger partial charge is 0.268 e. The number of rotatable bonds is 3. The van der Waals surface area contributed by atoms with Gasteiger partial charge in [-0.3, -0.25) is 4.79 Å². The summed E-state index contributed by atoms with van der Waals surface area (Å²) in [6.07, 6.45) is 8.90. The van der Waals surface area contributed by atoms with Gasteiger partial charge in [0.2, 0.25) is 0 Å². The van der Waals surface area contributed by atoms with Crippen LogP contribution >= 0.6 is 0 Å². The average molecular weight is 331 g/mol. The van der Waals surface area contributed by atoms with Gasteiger partial charge in [0.1, 0.15) is 11.8 Å². The van der Waals surface area contributed by atoms with E-state index in [0.717, 1.165) is 18.4 Å². The van der Waals surface area contributed by atoms with Gasteiger partial charge in [-0.15, -0.1) is 0 Å². The number of hydrogen-bond acceptors (Lipinski definition) is 3. The summed E-state index contributed by atoms with van der Waals surface area (Å²) in [5.74, 6) is -0.215. The lowest BCUT2D eigenvalue weighted by atomic mass is 9.83. The van der Waals surface area contributed by atoms with Gasteiger partial charge >= 0.3 is 0 Å². The topological polar surface area (TPSA) is 86.5 Å². The molecule has 0 bridgehead atoms. The fourth-order valence-electron chi connectivity index (χ4n) is 3.51. The minimum absolute atomic E-state index is 0.103. The number of nitriles is 1. The highest BCUT2D eigenvalue weighted by Crippen LogP contribution is 2.37. The lowest BCUT2D eigenvalue weighted by molar-refractivity contribution is 0.0913. The molecule has 0 saturated carbocycles. The Morgan fingerprint density at radius 3 is 3.04 bits per heavy atom. The van der Waals surface area contributed by atoms with Gasteiger partial charge in [-0.1, -0.05) is 24.3 Å². The number of aromatic nitrogens is 3. The van der Waals surface area contributed by atoms with Crippen LogP contribution in [0, 0.1) is 11.3 Å². The zero-order chi connectivity index (χ0) is 17.2. The van der Waals surface area contributed by atoms with Crippen molar-refractivity contribution in [3.05, 3.63) is 77.6 Å². The van der Waals surface area contributed by atoms with E-state index in [1.807, 2.05) is 24.4 Å². The summed E-state index contributed by atoms with van der Waals surface area (Å²) in [7, 11) is 0. The maximum atomic E-state index is 12.7. The minimum Gasteiger partial charge on any atom is -0.356 e. The number of H-pyrrole nitrogens is 1. The zero-order valence-electron chi connectivity index (χ0n) is 13.5. The Bertz CT molecular complexity index is 935. The van der Waals surface area contributed by atoms with Crippen LogP contribution < -0.4 is 5.32 Å². The van der Waals surface area contributed by atoms with Crippen LogP contribution in [0.2, 0.25) is 0 Å². The molecule has 0 aliphatic heterocycles. The van der Waals surface area contributed by atoms with Crippen LogP contribution in [-0.4, -0.2) is 20.4 Å². The first kappa shape index (κ1) is 15.2. The monoisotopic (exact) mass is 331 g/mol. The van der Waals surface area contributed by atoms with Crippen molar-refractivity contribution in [3.8, 4) is 6.07 Å². The maximum absolute atomic E-state index is 12.7. The summed E-state index contributed by atoms with van der Waals surface area (Å²) in [5, 5.41) is 12.1. The number of benzene rings is 1. The van der Waals surface area contributed by atoms with Gasteiger partial charge in [0.25, 0.3) is 5.91 Å². The second-order valence-corrected chi connectivity index (χ2v) is 6.18. The Kier molecular flexibility index (Phi) is 3.82. The molecule has 2 atom stereocenters. The number of imidazole rings is 1. The Labute approximate surface area is 145 Å². The van der Waals surface area contributed by atoms with Crippen LogP contribution in [0.15, 0.2) is 55.2 Å². The van der Waals surface area contributed by atoms with E-state index in [1.54, 1.807) is 18.6 Å². The van der Waals surface area contributed by atoms with E-state index < -0.39 is 0 Å². The molecule has 0 saturated heterocycles. The molecule has 2 unspecified atom stereocenters. The molecule has 1 aliphatic rings. The molecule has 1 aliphatic carbocycles. The molecule has 2 N–H and O–H groups in total. The van der Waals surface area contributed by atoms with Gasteiger partial charge in [0.05, 0.1) is 24.0 Å². The lowest BCUT2D eigenvalue weighted by Crippen LogP contribution is -2.37. The third-order valence-electron chi connectivity index (χ3n) is 4.74. The predicted molar refractivity (Wildman–Crippen MR) is 91.7 cm³/mol. The molecule has 4 rings (SSSR count). The number of nitrogens with one attached hydrogen (secondary N) is 2.